The van der Waals surface area contributed by atoms with Crippen LogP contribution in [0.4, 0.5) is 5.69 Å². The maximum absolute atomic E-state index is 5.92. The summed E-state index contributed by atoms with van der Waals surface area (Å²) in [6.45, 7) is 0.405. The van der Waals surface area contributed by atoms with Gasteiger partial charge in [0.1, 0.15) is 11.5 Å². The Balaban J connectivity index is 2.06. The molecular weight excluding hydrogens is 296 g/mol. The van der Waals surface area contributed by atoms with Crippen LogP contribution in [0.15, 0.2) is 41.5 Å². The molecule has 0 saturated heterocycles. The molecule has 3 N–H and O–H groups in total. The van der Waals surface area contributed by atoms with Crippen LogP contribution in [0.3, 0.4) is 0 Å². The van der Waals surface area contributed by atoms with Crippen molar-refractivity contribution in [3.8, 4) is 17.4 Å². The summed E-state index contributed by atoms with van der Waals surface area (Å²) in [7, 11) is 4.76. The number of ether oxygens (including phenoxy) is 3. The molecule has 1 aromatic heterocycles. The Morgan fingerprint density at radius 1 is 1.13 bits per heavy atom. The van der Waals surface area contributed by atoms with Gasteiger partial charge >= 0.3 is 0 Å². The normalized spacial score (nSPS) is 11.0. The van der Waals surface area contributed by atoms with Crippen LogP contribution < -0.4 is 25.3 Å². The number of aromatic nitrogens is 1. The third-order valence-corrected chi connectivity index (χ3v) is 3.11. The first-order chi connectivity index (χ1) is 11.2. The molecule has 0 saturated carbocycles. The quantitative estimate of drug-likeness (QED) is 0.626. The van der Waals surface area contributed by atoms with Crippen molar-refractivity contribution in [2.75, 3.05) is 26.6 Å². The Bertz CT molecular complexity index is 672. The first-order valence-corrected chi connectivity index (χ1v) is 6.94. The lowest BCUT2D eigenvalue weighted by Crippen LogP contribution is -2.23. The highest BCUT2D eigenvalue weighted by atomic mass is 16.5. The second kappa shape index (κ2) is 7.88. The molecule has 0 aliphatic rings. The lowest BCUT2D eigenvalue weighted by atomic mass is 10.2. The minimum absolute atomic E-state index is 0.271. The van der Waals surface area contributed by atoms with Crippen LogP contribution in [0.2, 0.25) is 0 Å². The Labute approximate surface area is 135 Å². The van der Waals surface area contributed by atoms with Crippen LogP contribution in [0.25, 0.3) is 0 Å². The molecule has 2 aromatic rings. The van der Waals surface area contributed by atoms with Crippen LogP contribution in [0.1, 0.15) is 5.56 Å². The van der Waals surface area contributed by atoms with Gasteiger partial charge in [-0.2, -0.15) is 0 Å². The van der Waals surface area contributed by atoms with Crippen LogP contribution in [0, 0.1) is 0 Å². The Kier molecular flexibility index (Phi) is 5.62. The number of hydrogen-bond acceptors (Lipinski definition) is 5. The van der Waals surface area contributed by atoms with E-state index in [0.29, 0.717) is 29.6 Å². The van der Waals surface area contributed by atoms with Gasteiger partial charge in [0.15, 0.2) is 5.96 Å². The molecule has 0 fully saturated rings. The minimum Gasteiger partial charge on any atom is -0.497 e. The van der Waals surface area contributed by atoms with Gasteiger partial charge in [-0.25, -0.2) is 9.98 Å². The van der Waals surface area contributed by atoms with Gasteiger partial charge in [0.25, 0.3) is 0 Å². The number of rotatable bonds is 6. The third-order valence-electron chi connectivity index (χ3n) is 3.11. The van der Waals surface area contributed by atoms with E-state index in [1.807, 2.05) is 6.07 Å². The molecule has 0 aliphatic carbocycles. The summed E-state index contributed by atoms with van der Waals surface area (Å²) < 4.78 is 15.5. The van der Waals surface area contributed by atoms with E-state index in [9.17, 15) is 0 Å². The maximum atomic E-state index is 5.92. The van der Waals surface area contributed by atoms with Crippen molar-refractivity contribution in [2.45, 2.75) is 6.54 Å². The fourth-order valence-corrected chi connectivity index (χ4v) is 1.89. The van der Waals surface area contributed by atoms with Gasteiger partial charge in [-0.1, -0.05) is 6.07 Å². The summed E-state index contributed by atoms with van der Waals surface area (Å²) in [6, 6.07) is 9.05. The number of aliphatic imine (C=N–C) groups is 1. The van der Waals surface area contributed by atoms with E-state index >= 15 is 0 Å². The fourth-order valence-electron chi connectivity index (χ4n) is 1.89. The summed E-state index contributed by atoms with van der Waals surface area (Å²) in [5.74, 6) is 2.17. The predicted octanol–water partition coefficient (Wildman–Crippen LogP) is 2.03. The van der Waals surface area contributed by atoms with Gasteiger partial charge in [0, 0.05) is 18.3 Å². The van der Waals surface area contributed by atoms with E-state index in [1.165, 1.54) is 0 Å². The van der Waals surface area contributed by atoms with Crippen molar-refractivity contribution in [3.05, 3.63) is 42.1 Å². The number of nitrogens with zero attached hydrogens (tertiary/aromatic N) is 2. The molecule has 0 radical (unpaired) electrons. The van der Waals surface area contributed by atoms with Gasteiger partial charge in [-0.15, -0.1) is 0 Å². The molecule has 23 heavy (non-hydrogen) atoms. The molecule has 7 nitrogen and oxygen atoms in total. The van der Waals surface area contributed by atoms with E-state index in [1.54, 1.807) is 51.8 Å². The molecule has 122 valence electrons. The smallest absolute Gasteiger partial charge is 0.212 e. The van der Waals surface area contributed by atoms with Gasteiger partial charge in [-0.05, 0) is 17.7 Å². The summed E-state index contributed by atoms with van der Waals surface area (Å²) in [5, 5.41) is 3.01. The van der Waals surface area contributed by atoms with Crippen molar-refractivity contribution in [2.24, 2.45) is 10.7 Å². The zero-order chi connectivity index (χ0) is 16.7. The lowest BCUT2D eigenvalue weighted by Gasteiger charge is -2.12. The number of hydrogen-bond donors (Lipinski definition) is 2. The molecule has 2 rings (SSSR count). The highest BCUT2D eigenvalue weighted by Crippen LogP contribution is 2.28. The van der Waals surface area contributed by atoms with Gasteiger partial charge in [-0.3, -0.25) is 0 Å². The summed E-state index contributed by atoms with van der Waals surface area (Å²) in [4.78, 5) is 8.40. The summed E-state index contributed by atoms with van der Waals surface area (Å²) in [6.07, 6.45) is 1.70. The molecule has 1 aromatic carbocycles. The molecule has 0 bridgehead atoms. The Morgan fingerprint density at radius 2 is 1.96 bits per heavy atom. The number of guanidine groups is 1. The zero-order valence-corrected chi connectivity index (χ0v) is 13.4. The number of nitrogens with two attached hydrogens (primary N) is 1. The molecule has 0 unspecified atom stereocenters. The van der Waals surface area contributed by atoms with E-state index in [-0.39, 0.29) is 5.96 Å². The van der Waals surface area contributed by atoms with E-state index in [4.69, 9.17) is 19.9 Å². The van der Waals surface area contributed by atoms with Gasteiger partial charge < -0.3 is 25.3 Å². The monoisotopic (exact) mass is 316 g/mol. The Morgan fingerprint density at radius 3 is 2.57 bits per heavy atom. The number of methoxy groups -OCH3 is 3. The lowest BCUT2D eigenvalue weighted by molar-refractivity contribution is 0.397. The zero-order valence-electron chi connectivity index (χ0n) is 13.4. The van der Waals surface area contributed by atoms with Gasteiger partial charge in [0.05, 0.1) is 33.6 Å². The Hall–Kier alpha value is -2.96. The minimum atomic E-state index is 0.271. The SMILES string of the molecule is COc1ccc(OC)c(NC(N)=NCc2ccc(OC)nc2)c1. The van der Waals surface area contributed by atoms with Crippen molar-refractivity contribution in [3.63, 3.8) is 0 Å². The predicted molar refractivity (Wildman–Crippen MR) is 89.3 cm³/mol. The average Bonchev–Trinajstić information content (AvgIpc) is 2.60. The van der Waals surface area contributed by atoms with Crippen molar-refractivity contribution in [1.29, 1.82) is 0 Å². The maximum Gasteiger partial charge on any atom is 0.212 e. The number of anilines is 1. The average molecular weight is 316 g/mol. The topological polar surface area (TPSA) is 91.0 Å². The molecule has 7 heteroatoms. The summed E-state index contributed by atoms with van der Waals surface area (Å²) in [5.41, 5.74) is 7.53. The first-order valence-electron chi connectivity index (χ1n) is 6.94. The highest BCUT2D eigenvalue weighted by molar-refractivity contribution is 5.94. The van der Waals surface area contributed by atoms with Gasteiger partial charge in [0.2, 0.25) is 5.88 Å². The molecule has 0 atom stereocenters. The second-order valence-corrected chi connectivity index (χ2v) is 4.60. The van der Waals surface area contributed by atoms with Crippen molar-refractivity contribution < 1.29 is 14.2 Å². The summed E-state index contributed by atoms with van der Waals surface area (Å²) >= 11 is 0. The van der Waals surface area contributed by atoms with E-state index < -0.39 is 0 Å². The molecular formula is C16H20N4O3. The standard InChI is InChI=1S/C16H20N4O3/c1-21-12-5-6-14(22-2)13(8-12)20-16(17)19-10-11-4-7-15(23-3)18-9-11/h4-9H,10H2,1-3H3,(H3,17,19,20). The largest absolute Gasteiger partial charge is 0.497 e. The van der Waals surface area contributed by atoms with Crippen molar-refractivity contribution in [1.82, 2.24) is 4.98 Å². The molecule has 0 spiro atoms. The van der Waals surface area contributed by atoms with E-state index in [0.717, 1.165) is 5.56 Å². The van der Waals surface area contributed by atoms with E-state index in [2.05, 4.69) is 15.3 Å². The van der Waals surface area contributed by atoms with Crippen molar-refractivity contribution >= 4 is 11.6 Å². The second-order valence-electron chi connectivity index (χ2n) is 4.60. The van der Waals surface area contributed by atoms with Crippen LogP contribution >= 0.6 is 0 Å². The molecule has 1 heterocycles. The number of nitrogens with one attached hydrogen (secondary N) is 1. The number of pyridine rings is 1. The van der Waals surface area contributed by atoms with Crippen LogP contribution in [-0.4, -0.2) is 32.3 Å². The fraction of sp³-hybridized carbons (Fsp3) is 0.250. The molecule has 0 aliphatic heterocycles. The van der Waals surface area contributed by atoms with Crippen LogP contribution in [-0.2, 0) is 6.54 Å². The molecule has 0 amide bonds. The number of benzene rings is 1. The van der Waals surface area contributed by atoms with Crippen LogP contribution in [0.5, 0.6) is 17.4 Å². The highest BCUT2D eigenvalue weighted by Gasteiger charge is 2.06. The third kappa shape index (κ3) is 4.50. The first kappa shape index (κ1) is 16.4.